The van der Waals surface area contributed by atoms with Gasteiger partial charge in [-0.1, -0.05) is 36.4 Å². The topological polar surface area (TPSA) is 66.8 Å². The molecule has 3 atom stereocenters. The Morgan fingerprint density at radius 3 is 2.58 bits per heavy atom. The predicted octanol–water partition coefficient (Wildman–Crippen LogP) is 2.23. The smallest absolute Gasteiger partial charge is 0.309 e. The highest BCUT2D eigenvalue weighted by Crippen LogP contribution is 2.16. The summed E-state index contributed by atoms with van der Waals surface area (Å²) in [6, 6.07) is 9.54. The van der Waals surface area contributed by atoms with Gasteiger partial charge in [0.2, 0.25) is 0 Å². The lowest BCUT2D eigenvalue weighted by Gasteiger charge is -2.24. The zero-order valence-electron chi connectivity index (χ0n) is 11.0. The molecule has 0 radical (unpaired) electrons. The van der Waals surface area contributed by atoms with Crippen LogP contribution in [0.4, 0.5) is 0 Å². The highest BCUT2D eigenvalue weighted by molar-refractivity contribution is 5.71. The van der Waals surface area contributed by atoms with Crippen LogP contribution in [0.2, 0.25) is 0 Å². The van der Waals surface area contributed by atoms with E-state index in [0.29, 0.717) is 6.61 Å². The Balaban J connectivity index is 2.53. The van der Waals surface area contributed by atoms with Crippen molar-refractivity contribution in [2.24, 2.45) is 5.92 Å². The minimum Gasteiger partial charge on any atom is -0.481 e. The molecule has 0 heterocycles. The van der Waals surface area contributed by atoms with Gasteiger partial charge < -0.3 is 14.9 Å². The zero-order valence-corrected chi connectivity index (χ0v) is 11.0. The Morgan fingerprint density at radius 2 is 2.05 bits per heavy atom. The Labute approximate surface area is 113 Å². The summed E-state index contributed by atoms with van der Waals surface area (Å²) in [6.45, 7) is 5.52. The minimum absolute atomic E-state index is 0.218. The van der Waals surface area contributed by atoms with Gasteiger partial charge in [-0.15, -0.1) is 6.58 Å². The van der Waals surface area contributed by atoms with Gasteiger partial charge in [0.15, 0.2) is 0 Å². The molecule has 0 bridgehead atoms. The normalized spacial score (nSPS) is 15.5. The standard InChI is InChI=1S/C15H20O4/c1-3-7-13(15(17)18)14(16)11(2)19-10-12-8-5-4-6-9-12/h3-6,8-9,11,13-14,16H,1,7,10H2,2H3,(H,17,18)/t11-,13+,14+/m1/s1. The van der Waals surface area contributed by atoms with Crippen molar-refractivity contribution >= 4 is 5.97 Å². The minimum atomic E-state index is -1.06. The Bertz CT molecular complexity index is 402. The molecule has 1 rings (SSSR count). The van der Waals surface area contributed by atoms with E-state index in [1.165, 1.54) is 6.08 Å². The van der Waals surface area contributed by atoms with Gasteiger partial charge in [0.25, 0.3) is 0 Å². The van der Waals surface area contributed by atoms with Crippen LogP contribution in [0.15, 0.2) is 43.0 Å². The van der Waals surface area contributed by atoms with Crippen LogP contribution in [0.1, 0.15) is 18.9 Å². The summed E-state index contributed by atoms with van der Waals surface area (Å²) in [6.07, 6.45) is 0.0991. The SMILES string of the molecule is C=CC[C@H](C(=O)O)[C@@H](O)[C@@H](C)OCc1ccccc1. The molecule has 0 saturated heterocycles. The molecule has 0 saturated carbocycles. The van der Waals surface area contributed by atoms with Crippen molar-refractivity contribution < 1.29 is 19.7 Å². The Hall–Kier alpha value is -1.65. The summed E-state index contributed by atoms with van der Waals surface area (Å²) in [5.74, 6) is -1.93. The lowest BCUT2D eigenvalue weighted by Crippen LogP contribution is -2.37. The number of carboxylic acids is 1. The highest BCUT2D eigenvalue weighted by atomic mass is 16.5. The number of rotatable bonds is 8. The molecule has 104 valence electrons. The number of hydrogen-bond donors (Lipinski definition) is 2. The van der Waals surface area contributed by atoms with E-state index in [0.717, 1.165) is 5.56 Å². The van der Waals surface area contributed by atoms with Gasteiger partial charge in [0.1, 0.15) is 0 Å². The summed E-state index contributed by atoms with van der Waals surface area (Å²) in [7, 11) is 0. The third-order valence-corrected chi connectivity index (χ3v) is 2.99. The van der Waals surface area contributed by atoms with Crippen LogP contribution in [0.3, 0.4) is 0 Å². The molecule has 1 aromatic rings. The Morgan fingerprint density at radius 1 is 1.42 bits per heavy atom. The van der Waals surface area contributed by atoms with Gasteiger partial charge in [-0.25, -0.2) is 0 Å². The molecule has 4 heteroatoms. The number of benzene rings is 1. The fourth-order valence-electron chi connectivity index (χ4n) is 1.79. The molecule has 2 N–H and O–H groups in total. The number of carboxylic acid groups (broad SMARTS) is 1. The van der Waals surface area contributed by atoms with Gasteiger partial charge in [-0.05, 0) is 18.9 Å². The molecule has 0 aliphatic carbocycles. The van der Waals surface area contributed by atoms with Crippen LogP contribution in [0, 0.1) is 5.92 Å². The first kappa shape index (κ1) is 15.4. The molecule has 0 aromatic heterocycles. The van der Waals surface area contributed by atoms with Crippen molar-refractivity contribution in [3.63, 3.8) is 0 Å². The second kappa shape index (κ2) is 7.71. The van der Waals surface area contributed by atoms with E-state index in [-0.39, 0.29) is 6.42 Å². The van der Waals surface area contributed by atoms with Crippen molar-refractivity contribution in [1.29, 1.82) is 0 Å². The fourth-order valence-corrected chi connectivity index (χ4v) is 1.79. The lowest BCUT2D eigenvalue weighted by molar-refractivity contribution is -0.150. The van der Waals surface area contributed by atoms with Crippen LogP contribution in [-0.2, 0) is 16.1 Å². The van der Waals surface area contributed by atoms with E-state index in [1.54, 1.807) is 6.92 Å². The van der Waals surface area contributed by atoms with E-state index in [4.69, 9.17) is 9.84 Å². The van der Waals surface area contributed by atoms with Crippen molar-refractivity contribution in [2.75, 3.05) is 0 Å². The summed E-state index contributed by atoms with van der Waals surface area (Å²) in [4.78, 5) is 11.0. The van der Waals surface area contributed by atoms with Gasteiger partial charge in [-0.2, -0.15) is 0 Å². The molecule has 0 fully saturated rings. The van der Waals surface area contributed by atoms with Crippen LogP contribution >= 0.6 is 0 Å². The average Bonchev–Trinajstić information content (AvgIpc) is 2.42. The van der Waals surface area contributed by atoms with Gasteiger partial charge in [0, 0.05) is 0 Å². The number of aliphatic hydroxyl groups excluding tert-OH is 1. The highest BCUT2D eigenvalue weighted by Gasteiger charge is 2.30. The summed E-state index contributed by atoms with van der Waals surface area (Å²) >= 11 is 0. The quantitative estimate of drug-likeness (QED) is 0.707. The molecule has 19 heavy (non-hydrogen) atoms. The number of aliphatic hydroxyl groups is 1. The molecular weight excluding hydrogens is 244 g/mol. The van der Waals surface area contributed by atoms with Crippen molar-refractivity contribution in [2.45, 2.75) is 32.2 Å². The van der Waals surface area contributed by atoms with Crippen LogP contribution < -0.4 is 0 Å². The zero-order chi connectivity index (χ0) is 14.3. The molecule has 0 aliphatic heterocycles. The fraction of sp³-hybridized carbons (Fsp3) is 0.400. The number of allylic oxidation sites excluding steroid dienone is 1. The van der Waals surface area contributed by atoms with Crippen molar-refractivity contribution in [3.05, 3.63) is 48.6 Å². The summed E-state index contributed by atoms with van der Waals surface area (Å²) in [5.41, 5.74) is 0.983. The van der Waals surface area contributed by atoms with Crippen LogP contribution in [0.5, 0.6) is 0 Å². The maximum atomic E-state index is 11.0. The third kappa shape index (κ3) is 4.85. The van der Waals surface area contributed by atoms with Crippen LogP contribution in [-0.4, -0.2) is 28.4 Å². The second-order valence-corrected chi connectivity index (χ2v) is 4.46. The first-order chi connectivity index (χ1) is 9.06. The molecule has 0 amide bonds. The van der Waals surface area contributed by atoms with Crippen molar-refractivity contribution in [3.8, 4) is 0 Å². The molecular formula is C15H20O4. The third-order valence-electron chi connectivity index (χ3n) is 2.99. The monoisotopic (exact) mass is 264 g/mol. The maximum absolute atomic E-state index is 11.0. The maximum Gasteiger partial charge on any atom is 0.309 e. The van der Waals surface area contributed by atoms with E-state index in [2.05, 4.69) is 6.58 Å². The lowest BCUT2D eigenvalue weighted by atomic mass is 9.95. The van der Waals surface area contributed by atoms with E-state index in [9.17, 15) is 9.90 Å². The average molecular weight is 264 g/mol. The molecule has 0 unspecified atom stereocenters. The number of aliphatic carboxylic acids is 1. The van der Waals surface area contributed by atoms with Crippen molar-refractivity contribution in [1.82, 2.24) is 0 Å². The molecule has 0 aliphatic rings. The van der Waals surface area contributed by atoms with E-state index >= 15 is 0 Å². The molecule has 1 aromatic carbocycles. The largest absolute Gasteiger partial charge is 0.481 e. The van der Waals surface area contributed by atoms with Crippen LogP contribution in [0.25, 0.3) is 0 Å². The predicted molar refractivity (Wildman–Crippen MR) is 72.6 cm³/mol. The number of hydrogen-bond acceptors (Lipinski definition) is 3. The van der Waals surface area contributed by atoms with Gasteiger partial charge in [-0.3, -0.25) is 4.79 Å². The van der Waals surface area contributed by atoms with E-state index in [1.807, 2.05) is 30.3 Å². The molecule has 0 spiro atoms. The summed E-state index contributed by atoms with van der Waals surface area (Å²) < 4.78 is 5.52. The number of ether oxygens (including phenoxy) is 1. The van der Waals surface area contributed by atoms with Gasteiger partial charge in [0.05, 0.1) is 24.7 Å². The molecule has 4 nitrogen and oxygen atoms in total. The number of carbonyl (C=O) groups is 1. The first-order valence-electron chi connectivity index (χ1n) is 6.23. The second-order valence-electron chi connectivity index (χ2n) is 4.46. The van der Waals surface area contributed by atoms with E-state index < -0.39 is 24.1 Å². The van der Waals surface area contributed by atoms with Gasteiger partial charge >= 0.3 is 5.97 Å². The Kier molecular flexibility index (Phi) is 6.25. The first-order valence-corrected chi connectivity index (χ1v) is 6.23. The summed E-state index contributed by atoms with van der Waals surface area (Å²) in [5, 5.41) is 19.0.